The number of aromatic nitrogens is 5. The number of hydrogen-bond acceptors (Lipinski definition) is 5. The highest BCUT2D eigenvalue weighted by Gasteiger charge is 2.24. The van der Waals surface area contributed by atoms with Crippen molar-refractivity contribution >= 4 is 22.5 Å². The second kappa shape index (κ2) is 8.09. The Morgan fingerprint density at radius 2 is 1.89 bits per heavy atom. The number of H-pyrrole nitrogens is 1. The molecule has 0 aliphatic carbocycles. The summed E-state index contributed by atoms with van der Waals surface area (Å²) in [5, 5.41) is 6.65. The summed E-state index contributed by atoms with van der Waals surface area (Å²) in [6.45, 7) is 3.23. The molecule has 1 amide bonds. The molecule has 6 rings (SSSR count). The number of halogens is 2. The van der Waals surface area contributed by atoms with Crippen molar-refractivity contribution in [2.75, 3.05) is 7.05 Å². The Morgan fingerprint density at radius 1 is 1.14 bits per heavy atom. The average molecular weight is 489 g/mol. The molecule has 5 heterocycles. The van der Waals surface area contributed by atoms with Crippen molar-refractivity contribution in [1.82, 2.24) is 34.4 Å². The van der Waals surface area contributed by atoms with Crippen molar-refractivity contribution in [2.45, 2.75) is 26.6 Å². The number of amides is 1. The standard InChI is InChI=1S/C25H21F2N7O2/c1-13-7-29-34-18-5-3-14(20(26)21(18)31-25(36)22(13)34)8-32-9-15-11-33(12-16(15)10-32)19-6-4-17(24(35)28-2)30-23(19)27/h3-7,11-12H,8-10H2,1-2H3,(H,28,35)(H,31,36). The number of fused-ring (bicyclic) bond motifs is 4. The van der Waals surface area contributed by atoms with Gasteiger partial charge in [-0.15, -0.1) is 0 Å². The topological polar surface area (TPSA) is 100 Å². The van der Waals surface area contributed by atoms with E-state index >= 15 is 4.39 Å². The van der Waals surface area contributed by atoms with Crippen LogP contribution in [0.1, 0.15) is 32.7 Å². The maximum absolute atomic E-state index is 15.4. The van der Waals surface area contributed by atoms with Gasteiger partial charge in [0.05, 0.1) is 11.7 Å². The molecule has 9 nitrogen and oxygen atoms in total. The molecule has 4 aromatic heterocycles. The Balaban J connectivity index is 1.24. The van der Waals surface area contributed by atoms with Gasteiger partial charge in [-0.2, -0.15) is 9.49 Å². The van der Waals surface area contributed by atoms with Gasteiger partial charge in [0.1, 0.15) is 22.4 Å². The molecule has 0 unspecified atom stereocenters. The van der Waals surface area contributed by atoms with Gasteiger partial charge in [0.15, 0.2) is 5.82 Å². The van der Waals surface area contributed by atoms with Crippen LogP contribution in [0.25, 0.3) is 22.2 Å². The second-order valence-corrected chi connectivity index (χ2v) is 8.92. The van der Waals surface area contributed by atoms with E-state index in [-0.39, 0.29) is 22.5 Å². The predicted octanol–water partition coefficient (Wildman–Crippen LogP) is 2.82. The molecular weight excluding hydrogens is 468 g/mol. The molecule has 11 heteroatoms. The minimum Gasteiger partial charge on any atom is -0.354 e. The van der Waals surface area contributed by atoms with Gasteiger partial charge in [-0.3, -0.25) is 14.5 Å². The van der Waals surface area contributed by atoms with Crippen molar-refractivity contribution in [3.8, 4) is 5.69 Å². The number of aryl methyl sites for hydroxylation is 1. The number of carbonyl (C=O) groups excluding carboxylic acids is 1. The van der Waals surface area contributed by atoms with Gasteiger partial charge in [0.2, 0.25) is 5.95 Å². The molecule has 0 atom stereocenters. The first kappa shape index (κ1) is 22.1. The molecule has 1 aliphatic heterocycles. The highest BCUT2D eigenvalue weighted by molar-refractivity contribution is 5.92. The Bertz CT molecular complexity index is 1730. The lowest BCUT2D eigenvalue weighted by molar-refractivity contribution is 0.0957. The van der Waals surface area contributed by atoms with Crippen LogP contribution in [0.5, 0.6) is 0 Å². The molecule has 0 saturated heterocycles. The van der Waals surface area contributed by atoms with Crippen molar-refractivity contribution in [3.63, 3.8) is 0 Å². The average Bonchev–Trinajstić information content (AvgIpc) is 3.54. The maximum Gasteiger partial charge on any atom is 0.274 e. The lowest BCUT2D eigenvalue weighted by Crippen LogP contribution is -2.20. The summed E-state index contributed by atoms with van der Waals surface area (Å²) in [6.07, 6.45) is 5.22. The molecule has 1 aromatic carbocycles. The first-order chi connectivity index (χ1) is 17.3. The Morgan fingerprint density at radius 3 is 2.58 bits per heavy atom. The van der Waals surface area contributed by atoms with Gasteiger partial charge in [-0.1, -0.05) is 6.07 Å². The van der Waals surface area contributed by atoms with E-state index in [2.05, 4.69) is 25.3 Å². The predicted molar refractivity (Wildman–Crippen MR) is 128 cm³/mol. The summed E-state index contributed by atoms with van der Waals surface area (Å²) in [7, 11) is 1.46. The Hall–Kier alpha value is -4.38. The molecule has 0 bridgehead atoms. The summed E-state index contributed by atoms with van der Waals surface area (Å²) in [4.78, 5) is 32.7. The highest BCUT2D eigenvalue weighted by atomic mass is 19.1. The summed E-state index contributed by atoms with van der Waals surface area (Å²) in [6, 6.07) is 6.46. The third kappa shape index (κ3) is 3.39. The lowest BCUT2D eigenvalue weighted by atomic mass is 10.1. The van der Waals surface area contributed by atoms with E-state index in [1.54, 1.807) is 29.8 Å². The first-order valence-electron chi connectivity index (χ1n) is 11.3. The van der Waals surface area contributed by atoms with E-state index in [0.717, 1.165) is 16.7 Å². The van der Waals surface area contributed by atoms with Gasteiger partial charge >= 0.3 is 0 Å². The zero-order valence-electron chi connectivity index (χ0n) is 19.5. The second-order valence-electron chi connectivity index (χ2n) is 8.92. The third-order valence-corrected chi connectivity index (χ3v) is 6.58. The molecule has 0 saturated carbocycles. The van der Waals surface area contributed by atoms with Crippen LogP contribution < -0.4 is 10.9 Å². The summed E-state index contributed by atoms with van der Waals surface area (Å²) in [5.74, 6) is -1.68. The SMILES string of the molecule is CNC(=O)c1ccc(-n2cc3c(c2)CN(Cc2ccc4c([nH]c(=O)c5c(C)cnn54)c2F)C3)c(F)n1. The molecular formula is C25H21F2N7O2. The van der Waals surface area contributed by atoms with Gasteiger partial charge in [-0.25, -0.2) is 13.9 Å². The zero-order chi connectivity index (χ0) is 25.1. The number of hydrogen-bond donors (Lipinski definition) is 2. The van der Waals surface area contributed by atoms with Crippen molar-refractivity contribution in [1.29, 1.82) is 0 Å². The molecule has 1 aliphatic rings. The van der Waals surface area contributed by atoms with Gasteiger partial charge in [0.25, 0.3) is 11.5 Å². The fourth-order valence-electron chi connectivity index (χ4n) is 4.81. The van der Waals surface area contributed by atoms with Crippen LogP contribution in [0.2, 0.25) is 0 Å². The van der Waals surface area contributed by atoms with Crippen LogP contribution in [0.15, 0.2) is 47.7 Å². The number of nitrogens with zero attached hydrogens (tertiary/aromatic N) is 5. The normalized spacial score (nSPS) is 13.6. The monoisotopic (exact) mass is 489 g/mol. The number of aromatic amines is 1. The maximum atomic E-state index is 15.4. The van der Waals surface area contributed by atoms with Crippen molar-refractivity contribution < 1.29 is 13.6 Å². The van der Waals surface area contributed by atoms with E-state index in [1.807, 2.05) is 12.4 Å². The fourth-order valence-corrected chi connectivity index (χ4v) is 4.81. The van der Waals surface area contributed by atoms with Gasteiger partial charge in [-0.05, 0) is 36.2 Å². The quantitative estimate of drug-likeness (QED) is 0.378. The summed E-state index contributed by atoms with van der Waals surface area (Å²) < 4.78 is 33.1. The van der Waals surface area contributed by atoms with E-state index in [9.17, 15) is 14.0 Å². The molecule has 5 aromatic rings. The van der Waals surface area contributed by atoms with E-state index < -0.39 is 17.7 Å². The van der Waals surface area contributed by atoms with Crippen LogP contribution in [0, 0.1) is 18.7 Å². The van der Waals surface area contributed by atoms with Crippen molar-refractivity contribution in [3.05, 3.63) is 92.9 Å². The summed E-state index contributed by atoms with van der Waals surface area (Å²) >= 11 is 0. The van der Waals surface area contributed by atoms with Crippen LogP contribution in [-0.4, -0.2) is 42.0 Å². The van der Waals surface area contributed by atoms with Crippen molar-refractivity contribution in [2.24, 2.45) is 0 Å². The van der Waals surface area contributed by atoms with Gasteiger partial charge in [0, 0.05) is 50.2 Å². The smallest absolute Gasteiger partial charge is 0.274 e. The fraction of sp³-hybridized carbons (Fsp3) is 0.200. The molecule has 36 heavy (non-hydrogen) atoms. The zero-order valence-corrected chi connectivity index (χ0v) is 19.5. The van der Waals surface area contributed by atoms with Crippen LogP contribution in [-0.2, 0) is 19.6 Å². The Labute approximate surface area is 203 Å². The third-order valence-electron chi connectivity index (χ3n) is 6.58. The Kier molecular flexibility index (Phi) is 4.97. The minimum atomic E-state index is -0.740. The van der Waals surface area contributed by atoms with E-state index in [0.29, 0.717) is 36.2 Å². The molecule has 182 valence electrons. The van der Waals surface area contributed by atoms with Crippen LogP contribution >= 0.6 is 0 Å². The van der Waals surface area contributed by atoms with Gasteiger partial charge < -0.3 is 14.9 Å². The van der Waals surface area contributed by atoms with Crippen LogP contribution in [0.3, 0.4) is 0 Å². The molecule has 0 radical (unpaired) electrons. The minimum absolute atomic E-state index is 0.00630. The van der Waals surface area contributed by atoms with E-state index in [4.69, 9.17) is 0 Å². The van der Waals surface area contributed by atoms with E-state index in [1.165, 1.54) is 23.7 Å². The van der Waals surface area contributed by atoms with Crippen LogP contribution in [0.4, 0.5) is 8.78 Å². The molecule has 0 fully saturated rings. The summed E-state index contributed by atoms with van der Waals surface area (Å²) in [5.41, 5.74) is 4.06. The largest absolute Gasteiger partial charge is 0.354 e. The molecule has 2 N–H and O–H groups in total. The number of rotatable bonds is 4. The molecule has 0 spiro atoms. The first-order valence-corrected chi connectivity index (χ1v) is 11.3. The lowest BCUT2D eigenvalue weighted by Gasteiger charge is -2.17. The number of nitrogens with one attached hydrogen (secondary N) is 2. The highest BCUT2D eigenvalue weighted by Crippen LogP contribution is 2.29. The number of benzene rings is 1. The number of pyridine rings is 1. The number of carbonyl (C=O) groups is 1.